The summed E-state index contributed by atoms with van der Waals surface area (Å²) in [5, 5.41) is 0. The Kier molecular flexibility index (Phi) is 2.37. The first kappa shape index (κ1) is 9.64. The number of rotatable bonds is 2. The number of carbonyl (C=O) groups is 1. The van der Waals surface area contributed by atoms with Crippen LogP contribution in [0.25, 0.3) is 11.2 Å². The summed E-state index contributed by atoms with van der Waals surface area (Å²) < 4.78 is 6.39. The summed E-state index contributed by atoms with van der Waals surface area (Å²) >= 11 is 0. The highest BCUT2D eigenvalue weighted by Gasteiger charge is 2.11. The smallest absolute Gasteiger partial charge is 0.313 e. The molecule has 2 rings (SSSR count). The number of pyridine rings is 1. The maximum Gasteiger partial charge on any atom is 0.313 e. The Hall–Kier alpha value is -1.91. The van der Waals surface area contributed by atoms with Gasteiger partial charge in [-0.15, -0.1) is 0 Å². The molecule has 2 aromatic rings. The first-order valence-electron chi connectivity index (χ1n) is 4.55. The highest BCUT2D eigenvalue weighted by atomic mass is 16.5. The highest BCUT2D eigenvalue weighted by molar-refractivity contribution is 5.75. The Bertz CT molecular complexity index is 504. The lowest BCUT2D eigenvalue weighted by atomic mass is 10.4. The predicted molar refractivity (Wildman–Crippen MR) is 54.2 cm³/mol. The molecule has 0 N–H and O–H groups in total. The number of aromatic nitrogens is 3. The van der Waals surface area contributed by atoms with Crippen molar-refractivity contribution in [1.82, 2.24) is 14.5 Å². The van der Waals surface area contributed by atoms with Crippen LogP contribution in [0.5, 0.6) is 0 Å². The zero-order valence-electron chi connectivity index (χ0n) is 8.60. The standard InChI is InChI=1S/C10H11N3O2/c1-13-8(6-9(14)15-2)12-7-4-3-5-11-10(7)13/h3-5H,6H2,1-2H3. The van der Waals surface area contributed by atoms with Crippen molar-refractivity contribution < 1.29 is 9.53 Å². The second-order valence-electron chi connectivity index (χ2n) is 3.19. The van der Waals surface area contributed by atoms with Crippen molar-refractivity contribution in [3.05, 3.63) is 24.2 Å². The molecule has 2 aromatic heterocycles. The van der Waals surface area contributed by atoms with Gasteiger partial charge in [0.2, 0.25) is 0 Å². The summed E-state index contributed by atoms with van der Waals surface area (Å²) in [5.74, 6) is 0.365. The molecule has 0 aliphatic carbocycles. The third-order valence-electron chi connectivity index (χ3n) is 2.25. The third-order valence-corrected chi connectivity index (χ3v) is 2.25. The average molecular weight is 205 g/mol. The summed E-state index contributed by atoms with van der Waals surface area (Å²) in [7, 11) is 3.20. The normalized spacial score (nSPS) is 10.5. The summed E-state index contributed by atoms with van der Waals surface area (Å²) in [4.78, 5) is 19.6. The summed E-state index contributed by atoms with van der Waals surface area (Å²) in [5.41, 5.74) is 1.57. The van der Waals surface area contributed by atoms with Gasteiger partial charge < -0.3 is 9.30 Å². The van der Waals surface area contributed by atoms with E-state index in [1.807, 2.05) is 19.2 Å². The summed E-state index contributed by atoms with van der Waals surface area (Å²) in [6.45, 7) is 0. The van der Waals surface area contributed by atoms with Crippen LogP contribution >= 0.6 is 0 Å². The van der Waals surface area contributed by atoms with E-state index >= 15 is 0 Å². The lowest BCUT2D eigenvalue weighted by molar-refractivity contribution is -0.139. The Morgan fingerprint density at radius 2 is 2.40 bits per heavy atom. The molecule has 0 aliphatic heterocycles. The van der Waals surface area contributed by atoms with Crippen LogP contribution < -0.4 is 0 Å². The van der Waals surface area contributed by atoms with Gasteiger partial charge in [-0.3, -0.25) is 4.79 Å². The van der Waals surface area contributed by atoms with Gasteiger partial charge in [-0.1, -0.05) is 0 Å². The summed E-state index contributed by atoms with van der Waals surface area (Å²) in [6.07, 6.45) is 1.87. The molecular weight excluding hydrogens is 194 g/mol. The number of carbonyl (C=O) groups excluding carboxylic acids is 1. The van der Waals surface area contributed by atoms with Crippen molar-refractivity contribution in [2.75, 3.05) is 7.11 Å². The van der Waals surface area contributed by atoms with Crippen LogP contribution in [-0.4, -0.2) is 27.6 Å². The number of nitrogens with zero attached hydrogens (tertiary/aromatic N) is 3. The van der Waals surface area contributed by atoms with Crippen LogP contribution in [0.3, 0.4) is 0 Å². The van der Waals surface area contributed by atoms with Crippen molar-refractivity contribution in [3.8, 4) is 0 Å². The lowest BCUT2D eigenvalue weighted by Crippen LogP contribution is -2.09. The van der Waals surface area contributed by atoms with Gasteiger partial charge >= 0.3 is 5.97 Å². The molecule has 0 spiro atoms. The van der Waals surface area contributed by atoms with E-state index in [1.54, 1.807) is 10.8 Å². The first-order valence-corrected chi connectivity index (χ1v) is 4.55. The fourth-order valence-corrected chi connectivity index (χ4v) is 1.43. The molecule has 0 bridgehead atoms. The van der Waals surface area contributed by atoms with Crippen molar-refractivity contribution in [1.29, 1.82) is 0 Å². The topological polar surface area (TPSA) is 57.0 Å². The quantitative estimate of drug-likeness (QED) is 0.676. The van der Waals surface area contributed by atoms with Crippen LogP contribution in [-0.2, 0) is 23.0 Å². The molecule has 5 nitrogen and oxygen atoms in total. The molecule has 78 valence electrons. The number of aryl methyl sites for hydroxylation is 1. The molecule has 0 saturated carbocycles. The number of imidazole rings is 1. The Morgan fingerprint density at radius 1 is 1.60 bits per heavy atom. The van der Waals surface area contributed by atoms with Gasteiger partial charge in [-0.05, 0) is 12.1 Å². The molecule has 15 heavy (non-hydrogen) atoms. The number of esters is 1. The molecule has 0 radical (unpaired) electrons. The van der Waals surface area contributed by atoms with Crippen molar-refractivity contribution in [2.45, 2.75) is 6.42 Å². The van der Waals surface area contributed by atoms with Gasteiger partial charge in [-0.2, -0.15) is 0 Å². The van der Waals surface area contributed by atoms with E-state index in [2.05, 4.69) is 14.7 Å². The molecule has 5 heteroatoms. The van der Waals surface area contributed by atoms with E-state index in [0.29, 0.717) is 5.82 Å². The number of methoxy groups -OCH3 is 1. The predicted octanol–water partition coefficient (Wildman–Crippen LogP) is 0.684. The van der Waals surface area contributed by atoms with Gasteiger partial charge in [-0.25, -0.2) is 9.97 Å². The van der Waals surface area contributed by atoms with Crippen LogP contribution in [0.4, 0.5) is 0 Å². The van der Waals surface area contributed by atoms with Crippen molar-refractivity contribution in [2.24, 2.45) is 7.05 Å². The van der Waals surface area contributed by atoms with Crippen molar-refractivity contribution in [3.63, 3.8) is 0 Å². The van der Waals surface area contributed by atoms with E-state index < -0.39 is 0 Å². The number of ether oxygens (including phenoxy) is 1. The largest absolute Gasteiger partial charge is 0.469 e. The number of hydrogen-bond donors (Lipinski definition) is 0. The second-order valence-corrected chi connectivity index (χ2v) is 3.19. The maximum atomic E-state index is 11.1. The molecular formula is C10H11N3O2. The van der Waals surface area contributed by atoms with Gasteiger partial charge in [0.05, 0.1) is 7.11 Å². The monoisotopic (exact) mass is 205 g/mol. The maximum absolute atomic E-state index is 11.1. The van der Waals surface area contributed by atoms with Crippen LogP contribution in [0, 0.1) is 0 Å². The zero-order valence-corrected chi connectivity index (χ0v) is 8.60. The van der Waals surface area contributed by atoms with Crippen LogP contribution in [0.15, 0.2) is 18.3 Å². The van der Waals surface area contributed by atoms with E-state index in [9.17, 15) is 4.79 Å². The third kappa shape index (κ3) is 1.68. The minimum Gasteiger partial charge on any atom is -0.469 e. The molecule has 2 heterocycles. The summed E-state index contributed by atoms with van der Waals surface area (Å²) in [6, 6.07) is 3.68. The Balaban J connectivity index is 2.44. The molecule has 0 atom stereocenters. The van der Waals surface area contributed by atoms with E-state index in [4.69, 9.17) is 0 Å². The van der Waals surface area contributed by atoms with Gasteiger partial charge in [0.25, 0.3) is 0 Å². The highest BCUT2D eigenvalue weighted by Crippen LogP contribution is 2.11. The average Bonchev–Trinajstić information content (AvgIpc) is 2.57. The Morgan fingerprint density at radius 3 is 3.07 bits per heavy atom. The second kappa shape index (κ2) is 3.68. The molecule has 0 aliphatic rings. The molecule has 0 unspecified atom stereocenters. The molecule has 0 saturated heterocycles. The minimum absolute atomic E-state index is 0.170. The molecule has 0 fully saturated rings. The van der Waals surface area contributed by atoms with Crippen LogP contribution in [0.1, 0.15) is 5.82 Å². The fraction of sp³-hybridized carbons (Fsp3) is 0.300. The minimum atomic E-state index is -0.298. The molecule has 0 aromatic carbocycles. The number of fused-ring (bicyclic) bond motifs is 1. The van der Waals surface area contributed by atoms with Gasteiger partial charge in [0.15, 0.2) is 5.65 Å². The van der Waals surface area contributed by atoms with Crippen LogP contribution in [0.2, 0.25) is 0 Å². The number of hydrogen-bond acceptors (Lipinski definition) is 4. The zero-order chi connectivity index (χ0) is 10.8. The van der Waals surface area contributed by atoms with Crippen molar-refractivity contribution >= 4 is 17.1 Å². The van der Waals surface area contributed by atoms with Gasteiger partial charge in [0.1, 0.15) is 17.8 Å². The first-order chi connectivity index (χ1) is 7.22. The lowest BCUT2D eigenvalue weighted by Gasteiger charge is -1.99. The van der Waals surface area contributed by atoms with E-state index in [0.717, 1.165) is 11.2 Å². The fourth-order valence-electron chi connectivity index (χ4n) is 1.43. The Labute approximate surface area is 86.7 Å². The molecule has 0 amide bonds. The van der Waals surface area contributed by atoms with Gasteiger partial charge in [0, 0.05) is 13.2 Å². The van der Waals surface area contributed by atoms with E-state index in [1.165, 1.54) is 7.11 Å². The SMILES string of the molecule is COC(=O)Cc1nc2cccnc2n1C. The van der Waals surface area contributed by atoms with E-state index in [-0.39, 0.29) is 12.4 Å².